The second-order valence-electron chi connectivity index (χ2n) is 5.00. The number of aromatic nitrogens is 2. The van der Waals surface area contributed by atoms with E-state index in [0.29, 0.717) is 27.8 Å². The lowest BCUT2D eigenvalue weighted by Crippen LogP contribution is -2.12. The topological polar surface area (TPSA) is 68.0 Å². The first-order chi connectivity index (χ1) is 12.1. The number of benzene rings is 2. The van der Waals surface area contributed by atoms with E-state index in [1.165, 1.54) is 0 Å². The van der Waals surface area contributed by atoms with Gasteiger partial charge in [-0.25, -0.2) is 0 Å². The summed E-state index contributed by atoms with van der Waals surface area (Å²) < 4.78 is 5.44. The van der Waals surface area contributed by atoms with E-state index >= 15 is 0 Å². The van der Waals surface area contributed by atoms with Crippen molar-refractivity contribution in [3.8, 4) is 11.5 Å². The van der Waals surface area contributed by atoms with Crippen LogP contribution in [0.1, 0.15) is 6.42 Å². The number of halogens is 2. The number of hydrogen-bond acceptors (Lipinski definition) is 5. The van der Waals surface area contributed by atoms with Crippen LogP contribution in [0.3, 0.4) is 0 Å². The lowest BCUT2D eigenvalue weighted by atomic mass is 10.2. The van der Waals surface area contributed by atoms with Crippen molar-refractivity contribution in [1.82, 2.24) is 10.2 Å². The smallest absolute Gasteiger partial charge is 0.322 e. The van der Waals surface area contributed by atoms with E-state index in [4.69, 9.17) is 27.6 Å². The van der Waals surface area contributed by atoms with Crippen LogP contribution in [-0.2, 0) is 4.79 Å². The maximum absolute atomic E-state index is 12.0. The van der Waals surface area contributed by atoms with E-state index in [9.17, 15) is 4.79 Å². The van der Waals surface area contributed by atoms with Crippen LogP contribution in [0, 0.1) is 0 Å². The molecule has 0 bridgehead atoms. The lowest BCUT2D eigenvalue weighted by Gasteiger charge is -2.02. The van der Waals surface area contributed by atoms with Gasteiger partial charge in [-0.15, -0.1) is 16.9 Å². The normalized spacial score (nSPS) is 10.6. The van der Waals surface area contributed by atoms with Crippen molar-refractivity contribution < 1.29 is 9.21 Å². The predicted octanol–water partition coefficient (Wildman–Crippen LogP) is 5.16. The van der Waals surface area contributed by atoms with Gasteiger partial charge in [0.2, 0.25) is 5.91 Å². The molecule has 128 valence electrons. The fourth-order valence-corrected chi connectivity index (χ4v) is 3.25. The van der Waals surface area contributed by atoms with E-state index in [1.54, 1.807) is 30.0 Å². The highest BCUT2D eigenvalue weighted by atomic mass is 35.5. The highest BCUT2D eigenvalue weighted by molar-refractivity contribution is 7.99. The zero-order valence-corrected chi connectivity index (χ0v) is 15.2. The van der Waals surface area contributed by atoms with Crippen molar-refractivity contribution in [2.45, 2.75) is 11.3 Å². The fraction of sp³-hybridized carbons (Fsp3) is 0.118. The minimum Gasteiger partial charge on any atom is -0.403 e. The molecule has 25 heavy (non-hydrogen) atoms. The van der Waals surface area contributed by atoms with Crippen molar-refractivity contribution >= 4 is 46.9 Å². The molecule has 0 aliphatic carbocycles. The van der Waals surface area contributed by atoms with Gasteiger partial charge in [-0.2, -0.15) is 0 Å². The third-order valence-electron chi connectivity index (χ3n) is 3.17. The van der Waals surface area contributed by atoms with Gasteiger partial charge in [0.15, 0.2) is 0 Å². The lowest BCUT2D eigenvalue weighted by molar-refractivity contribution is -0.115. The molecule has 3 aromatic rings. The monoisotopic (exact) mass is 393 g/mol. The molecule has 0 atom stereocenters. The number of nitrogens with one attached hydrogen (secondary N) is 1. The van der Waals surface area contributed by atoms with Crippen LogP contribution in [-0.4, -0.2) is 21.9 Å². The summed E-state index contributed by atoms with van der Waals surface area (Å²) in [6.45, 7) is 0. The summed E-state index contributed by atoms with van der Waals surface area (Å²) in [6, 6.07) is 14.8. The molecule has 0 unspecified atom stereocenters. The Morgan fingerprint density at radius 3 is 2.72 bits per heavy atom. The van der Waals surface area contributed by atoms with Crippen molar-refractivity contribution in [2.24, 2.45) is 0 Å². The van der Waals surface area contributed by atoms with E-state index in [1.807, 2.05) is 30.3 Å². The maximum atomic E-state index is 12.0. The summed E-state index contributed by atoms with van der Waals surface area (Å²) in [7, 11) is 0. The first-order valence-electron chi connectivity index (χ1n) is 7.38. The molecule has 3 rings (SSSR count). The van der Waals surface area contributed by atoms with Gasteiger partial charge < -0.3 is 4.42 Å². The largest absolute Gasteiger partial charge is 0.403 e. The molecular weight excluding hydrogens is 381 g/mol. The second kappa shape index (κ2) is 8.38. The Bertz CT molecular complexity index is 871. The summed E-state index contributed by atoms with van der Waals surface area (Å²) in [4.78, 5) is 13.1. The minimum absolute atomic E-state index is 0.0285. The van der Waals surface area contributed by atoms with Gasteiger partial charge in [-0.1, -0.05) is 46.5 Å². The average Bonchev–Trinajstić information content (AvgIpc) is 3.06. The first kappa shape index (κ1) is 17.8. The number of amides is 1. The Balaban J connectivity index is 1.56. The molecule has 2 aromatic carbocycles. The Morgan fingerprint density at radius 1 is 1.12 bits per heavy atom. The summed E-state index contributed by atoms with van der Waals surface area (Å²) >= 11 is 13.6. The van der Waals surface area contributed by atoms with Gasteiger partial charge in [0.25, 0.3) is 5.89 Å². The molecule has 0 saturated carbocycles. The van der Waals surface area contributed by atoms with Gasteiger partial charge in [-0.05, 0) is 30.3 Å². The Kier molecular flexibility index (Phi) is 5.96. The maximum Gasteiger partial charge on any atom is 0.322 e. The highest BCUT2D eigenvalue weighted by Gasteiger charge is 2.14. The van der Waals surface area contributed by atoms with Crippen molar-refractivity contribution in [3.05, 3.63) is 58.6 Å². The number of rotatable bonds is 6. The molecule has 1 amide bonds. The van der Waals surface area contributed by atoms with Crippen LogP contribution in [0.15, 0.2) is 57.8 Å². The minimum atomic E-state index is -0.198. The zero-order valence-electron chi connectivity index (χ0n) is 12.9. The molecule has 0 spiro atoms. The Morgan fingerprint density at radius 2 is 1.92 bits per heavy atom. The first-order valence-corrected chi connectivity index (χ1v) is 9.12. The van der Waals surface area contributed by atoms with Crippen LogP contribution in [0.2, 0.25) is 10.0 Å². The Hall–Kier alpha value is -2.02. The molecule has 1 heterocycles. The third kappa shape index (κ3) is 4.98. The van der Waals surface area contributed by atoms with E-state index in [0.717, 1.165) is 4.90 Å². The quantitative estimate of drug-likeness (QED) is 0.585. The van der Waals surface area contributed by atoms with Crippen LogP contribution in [0.5, 0.6) is 0 Å². The van der Waals surface area contributed by atoms with Crippen LogP contribution < -0.4 is 5.32 Å². The van der Waals surface area contributed by atoms with Gasteiger partial charge >= 0.3 is 6.01 Å². The number of thioether (sulfide) groups is 1. The van der Waals surface area contributed by atoms with Crippen molar-refractivity contribution in [1.29, 1.82) is 0 Å². The number of nitrogens with zero attached hydrogens (tertiary/aromatic N) is 2. The molecule has 8 heteroatoms. The fourth-order valence-electron chi connectivity index (χ4n) is 2.00. The van der Waals surface area contributed by atoms with E-state index in [2.05, 4.69) is 15.5 Å². The second-order valence-corrected chi connectivity index (χ2v) is 7.01. The molecule has 1 aromatic heterocycles. The van der Waals surface area contributed by atoms with Crippen LogP contribution in [0.25, 0.3) is 11.5 Å². The van der Waals surface area contributed by atoms with Crippen molar-refractivity contribution in [2.75, 3.05) is 11.1 Å². The van der Waals surface area contributed by atoms with Gasteiger partial charge in [0.1, 0.15) is 0 Å². The summed E-state index contributed by atoms with van der Waals surface area (Å²) in [5.41, 5.74) is 0.516. The molecule has 0 saturated heterocycles. The van der Waals surface area contributed by atoms with E-state index in [-0.39, 0.29) is 17.8 Å². The molecule has 1 N–H and O–H groups in total. The molecule has 0 radical (unpaired) electrons. The van der Waals surface area contributed by atoms with Gasteiger partial charge in [-0.3, -0.25) is 10.1 Å². The number of anilines is 1. The predicted molar refractivity (Wildman–Crippen MR) is 100 cm³/mol. The molecule has 0 fully saturated rings. The van der Waals surface area contributed by atoms with Gasteiger partial charge in [0, 0.05) is 22.1 Å². The summed E-state index contributed by atoms with van der Waals surface area (Å²) in [6.07, 6.45) is 0.329. The zero-order chi connectivity index (χ0) is 17.6. The highest BCUT2D eigenvalue weighted by Crippen LogP contribution is 2.30. The van der Waals surface area contributed by atoms with Gasteiger partial charge in [0.05, 0.1) is 10.6 Å². The third-order valence-corrected chi connectivity index (χ3v) is 4.75. The van der Waals surface area contributed by atoms with E-state index < -0.39 is 0 Å². The molecular formula is C17H13Cl2N3O2S. The number of hydrogen-bond donors (Lipinski definition) is 1. The summed E-state index contributed by atoms with van der Waals surface area (Å²) in [5, 5.41) is 11.2. The van der Waals surface area contributed by atoms with Crippen molar-refractivity contribution in [3.63, 3.8) is 0 Å². The number of carbonyl (C=O) groups is 1. The number of carbonyl (C=O) groups excluding carboxylic acids is 1. The summed E-state index contributed by atoms with van der Waals surface area (Å²) in [5.74, 6) is 0.647. The molecule has 5 nitrogen and oxygen atoms in total. The Labute approximate surface area is 158 Å². The average molecular weight is 394 g/mol. The van der Waals surface area contributed by atoms with Crippen LogP contribution >= 0.6 is 35.0 Å². The van der Waals surface area contributed by atoms with Crippen LogP contribution in [0.4, 0.5) is 6.01 Å². The molecule has 0 aliphatic rings. The SMILES string of the molecule is O=C(CCSc1ccccc1)Nc1nnc(-c2cc(Cl)ccc2Cl)o1. The standard InChI is InChI=1S/C17H13Cl2N3O2S/c18-11-6-7-14(19)13(10-11)16-21-22-17(24-16)20-15(23)8-9-25-12-4-2-1-3-5-12/h1-7,10H,8-9H2,(H,20,22,23). The molecule has 0 aliphatic heterocycles.